The molecule has 0 aromatic heterocycles. The number of nitrogens with zero attached hydrogens (tertiary/aromatic N) is 1. The second kappa shape index (κ2) is 6.15. The van der Waals surface area contributed by atoms with Gasteiger partial charge in [-0.2, -0.15) is 5.10 Å². The molecule has 18 heavy (non-hydrogen) atoms. The Kier molecular flexibility index (Phi) is 4.29. The zero-order valence-corrected chi connectivity index (χ0v) is 10.6. The molecule has 1 aromatic carbocycles. The number of hydrogen-bond acceptors (Lipinski definition) is 2. The lowest BCUT2D eigenvalue weighted by atomic mass is 9.96. The summed E-state index contributed by atoms with van der Waals surface area (Å²) in [7, 11) is 0. The van der Waals surface area contributed by atoms with Crippen LogP contribution in [0.15, 0.2) is 41.5 Å². The predicted octanol–water partition coefficient (Wildman–Crippen LogP) is 3.07. The lowest BCUT2D eigenvalue weighted by Gasteiger charge is -2.11. The van der Waals surface area contributed by atoms with Crippen molar-refractivity contribution in [2.24, 2.45) is 11.0 Å². The molecule has 0 spiro atoms. The molecule has 0 saturated carbocycles. The van der Waals surface area contributed by atoms with Gasteiger partial charge in [0.2, 0.25) is 0 Å². The van der Waals surface area contributed by atoms with Crippen molar-refractivity contribution in [3.63, 3.8) is 0 Å². The minimum atomic E-state index is -0.143. The molecule has 0 radical (unpaired) electrons. The van der Waals surface area contributed by atoms with E-state index in [2.05, 4.69) is 22.7 Å². The Morgan fingerprint density at radius 2 is 2.22 bits per heavy atom. The van der Waals surface area contributed by atoms with Crippen LogP contribution in [0.4, 0.5) is 0 Å². The van der Waals surface area contributed by atoms with Crippen molar-refractivity contribution in [2.45, 2.75) is 26.2 Å². The quantitative estimate of drug-likeness (QED) is 0.494. The van der Waals surface area contributed by atoms with Crippen LogP contribution >= 0.6 is 0 Å². The molecular weight excluding hydrogens is 224 g/mol. The van der Waals surface area contributed by atoms with E-state index in [0.717, 1.165) is 24.8 Å². The van der Waals surface area contributed by atoms with Gasteiger partial charge >= 0.3 is 0 Å². The fourth-order valence-corrected chi connectivity index (χ4v) is 2.04. The number of aryl methyl sites for hydroxylation is 1. The summed E-state index contributed by atoms with van der Waals surface area (Å²) in [6.07, 6.45) is 9.44. The molecule has 3 heteroatoms. The van der Waals surface area contributed by atoms with Crippen LogP contribution in [-0.4, -0.2) is 12.1 Å². The zero-order chi connectivity index (χ0) is 12.8. The second-order valence-corrected chi connectivity index (χ2v) is 4.58. The Morgan fingerprint density at radius 3 is 2.94 bits per heavy atom. The molecule has 1 amide bonds. The molecule has 1 N–H and O–H groups in total. The molecule has 0 saturated heterocycles. The van der Waals surface area contributed by atoms with Gasteiger partial charge in [-0.25, -0.2) is 5.43 Å². The number of nitrogens with one attached hydrogen (secondary N) is 1. The van der Waals surface area contributed by atoms with Crippen LogP contribution in [0.1, 0.15) is 35.2 Å². The van der Waals surface area contributed by atoms with E-state index in [0.29, 0.717) is 11.5 Å². The summed E-state index contributed by atoms with van der Waals surface area (Å²) in [5.41, 5.74) is 4.24. The number of amides is 1. The number of carbonyl (C=O) groups is 1. The molecule has 2 rings (SSSR count). The summed E-state index contributed by atoms with van der Waals surface area (Å²) in [5.74, 6) is 0.308. The van der Waals surface area contributed by atoms with Gasteiger partial charge in [0.05, 0.1) is 0 Å². The highest BCUT2D eigenvalue weighted by Crippen LogP contribution is 2.15. The van der Waals surface area contributed by atoms with E-state index >= 15 is 0 Å². The van der Waals surface area contributed by atoms with Crippen LogP contribution in [0.2, 0.25) is 0 Å². The van der Waals surface area contributed by atoms with Gasteiger partial charge in [0.1, 0.15) is 0 Å². The van der Waals surface area contributed by atoms with Crippen molar-refractivity contribution in [1.82, 2.24) is 5.43 Å². The second-order valence-electron chi connectivity index (χ2n) is 4.58. The Morgan fingerprint density at radius 1 is 1.39 bits per heavy atom. The third-order valence-electron chi connectivity index (χ3n) is 3.15. The average Bonchev–Trinajstić information content (AvgIpc) is 2.40. The molecule has 0 unspecified atom stereocenters. The van der Waals surface area contributed by atoms with E-state index in [4.69, 9.17) is 0 Å². The highest BCUT2D eigenvalue weighted by Gasteiger charge is 2.08. The normalized spacial score (nSPS) is 19.1. The van der Waals surface area contributed by atoms with E-state index in [9.17, 15) is 4.79 Å². The molecular formula is C15H18N2O. The van der Waals surface area contributed by atoms with E-state index in [1.807, 2.05) is 37.4 Å². The molecule has 1 aliphatic carbocycles. The molecule has 0 aliphatic heterocycles. The highest BCUT2D eigenvalue weighted by molar-refractivity contribution is 5.95. The van der Waals surface area contributed by atoms with Gasteiger partial charge in [-0.1, -0.05) is 30.4 Å². The van der Waals surface area contributed by atoms with Crippen molar-refractivity contribution in [2.75, 3.05) is 0 Å². The zero-order valence-electron chi connectivity index (χ0n) is 10.6. The number of hydrazone groups is 1. The standard InChI is InChI=1S/C15H18N2O/c1-12-7-5-6-10-14(12)15(18)17-16-11-13-8-3-2-4-9-13/h2-3,5-7,10-11,13H,4,8-9H2,1H3,(H,17,18)/b16-11-/t13-/m1/s1. The highest BCUT2D eigenvalue weighted by atomic mass is 16.2. The summed E-state index contributed by atoms with van der Waals surface area (Å²) >= 11 is 0. The van der Waals surface area contributed by atoms with Gasteiger partial charge < -0.3 is 0 Å². The van der Waals surface area contributed by atoms with E-state index in [-0.39, 0.29) is 5.91 Å². The average molecular weight is 242 g/mol. The van der Waals surface area contributed by atoms with Crippen molar-refractivity contribution in [3.8, 4) is 0 Å². The van der Waals surface area contributed by atoms with Crippen LogP contribution in [0, 0.1) is 12.8 Å². The van der Waals surface area contributed by atoms with E-state index < -0.39 is 0 Å². The SMILES string of the molecule is Cc1ccccc1C(=O)N/N=C\[C@@H]1CC=CCC1. The molecule has 1 aliphatic rings. The number of benzene rings is 1. The lowest BCUT2D eigenvalue weighted by molar-refractivity contribution is 0.0954. The Balaban J connectivity index is 1.90. The monoisotopic (exact) mass is 242 g/mol. The molecule has 94 valence electrons. The van der Waals surface area contributed by atoms with Crippen LogP contribution in [0.5, 0.6) is 0 Å². The maximum Gasteiger partial charge on any atom is 0.271 e. The minimum Gasteiger partial charge on any atom is -0.267 e. The molecule has 0 bridgehead atoms. The van der Waals surface area contributed by atoms with Gasteiger partial charge in [0.15, 0.2) is 0 Å². The predicted molar refractivity (Wildman–Crippen MR) is 73.6 cm³/mol. The van der Waals surface area contributed by atoms with Crippen LogP contribution < -0.4 is 5.43 Å². The molecule has 0 heterocycles. The van der Waals surface area contributed by atoms with E-state index in [1.54, 1.807) is 0 Å². The molecule has 3 nitrogen and oxygen atoms in total. The number of carbonyl (C=O) groups excluding carboxylic acids is 1. The molecule has 1 atom stereocenters. The summed E-state index contributed by atoms with van der Waals surface area (Å²) < 4.78 is 0. The van der Waals surface area contributed by atoms with Gasteiger partial charge in [-0.3, -0.25) is 4.79 Å². The van der Waals surface area contributed by atoms with Gasteiger partial charge in [-0.05, 0) is 43.7 Å². The Labute approximate surface area is 108 Å². The van der Waals surface area contributed by atoms with Gasteiger partial charge in [-0.15, -0.1) is 0 Å². The van der Waals surface area contributed by atoms with Crippen LogP contribution in [0.3, 0.4) is 0 Å². The first-order valence-electron chi connectivity index (χ1n) is 6.31. The summed E-state index contributed by atoms with van der Waals surface area (Å²) in [6.45, 7) is 1.92. The van der Waals surface area contributed by atoms with Gasteiger partial charge in [0.25, 0.3) is 5.91 Å². The number of allylic oxidation sites excluding steroid dienone is 2. The summed E-state index contributed by atoms with van der Waals surface area (Å²) in [5, 5.41) is 4.05. The summed E-state index contributed by atoms with van der Waals surface area (Å²) in [6, 6.07) is 7.51. The third kappa shape index (κ3) is 3.29. The summed E-state index contributed by atoms with van der Waals surface area (Å²) in [4.78, 5) is 11.9. The smallest absolute Gasteiger partial charge is 0.267 e. The fraction of sp³-hybridized carbons (Fsp3) is 0.333. The van der Waals surface area contributed by atoms with Crippen LogP contribution in [-0.2, 0) is 0 Å². The topological polar surface area (TPSA) is 41.5 Å². The maximum atomic E-state index is 11.9. The Hall–Kier alpha value is -1.90. The first kappa shape index (κ1) is 12.6. The first-order valence-corrected chi connectivity index (χ1v) is 6.31. The maximum absolute atomic E-state index is 11.9. The lowest BCUT2D eigenvalue weighted by Crippen LogP contribution is -2.19. The van der Waals surface area contributed by atoms with E-state index in [1.165, 1.54) is 0 Å². The van der Waals surface area contributed by atoms with Crippen molar-refractivity contribution in [3.05, 3.63) is 47.5 Å². The van der Waals surface area contributed by atoms with Crippen molar-refractivity contribution in [1.29, 1.82) is 0 Å². The number of hydrogen-bond donors (Lipinski definition) is 1. The minimum absolute atomic E-state index is 0.143. The van der Waals surface area contributed by atoms with Crippen molar-refractivity contribution >= 4 is 12.1 Å². The first-order chi connectivity index (χ1) is 8.77. The Bertz CT molecular complexity index is 477. The molecule has 0 fully saturated rings. The fourth-order valence-electron chi connectivity index (χ4n) is 2.04. The van der Waals surface area contributed by atoms with Gasteiger partial charge in [0, 0.05) is 11.8 Å². The number of rotatable bonds is 3. The van der Waals surface area contributed by atoms with Crippen LogP contribution in [0.25, 0.3) is 0 Å². The largest absolute Gasteiger partial charge is 0.271 e. The van der Waals surface area contributed by atoms with Crippen molar-refractivity contribution < 1.29 is 4.79 Å². The third-order valence-corrected chi connectivity index (χ3v) is 3.15. The molecule has 1 aromatic rings.